The topological polar surface area (TPSA) is 98.3 Å². The van der Waals surface area contributed by atoms with Crippen LogP contribution < -0.4 is 9.57 Å². The first-order valence-corrected chi connectivity index (χ1v) is 12.3. The Morgan fingerprint density at radius 3 is 2.76 bits per heavy atom. The van der Waals surface area contributed by atoms with Crippen molar-refractivity contribution in [3.63, 3.8) is 0 Å². The van der Waals surface area contributed by atoms with E-state index >= 15 is 0 Å². The third-order valence-electron chi connectivity index (χ3n) is 8.83. The quantitative estimate of drug-likeness (QED) is 0.684. The van der Waals surface area contributed by atoms with E-state index in [9.17, 15) is 10.2 Å². The zero-order valence-electron chi connectivity index (χ0n) is 18.9. The molecule has 0 unspecified atom stereocenters. The van der Waals surface area contributed by atoms with E-state index in [-0.39, 0.29) is 11.8 Å². The van der Waals surface area contributed by atoms with E-state index in [2.05, 4.69) is 16.1 Å². The number of phenols is 1. The third kappa shape index (κ3) is 2.61. The monoisotopic (exact) mass is 457 g/mol. The Labute approximate surface area is 198 Å². The molecule has 7 heteroatoms. The van der Waals surface area contributed by atoms with Gasteiger partial charge in [0.2, 0.25) is 0 Å². The second kappa shape index (κ2) is 6.97. The molecule has 2 aromatic rings. The SMILES string of the molecule is N#Cc1ccc(O/N=C2\CC[C@@]3(O)[C@H]4Cc5ccc(O)c6c5[C@@]3(CCN4CC3CC3)[C@H]2O6)cc1. The summed E-state index contributed by atoms with van der Waals surface area (Å²) < 4.78 is 6.46. The second-order valence-electron chi connectivity index (χ2n) is 10.6. The van der Waals surface area contributed by atoms with Crippen LogP contribution in [-0.4, -0.2) is 51.7 Å². The molecule has 2 aliphatic heterocycles. The number of hydrogen-bond donors (Lipinski definition) is 2. The molecule has 0 aromatic heterocycles. The van der Waals surface area contributed by atoms with E-state index in [1.165, 1.54) is 18.4 Å². The molecule has 7 nitrogen and oxygen atoms in total. The van der Waals surface area contributed by atoms with Crippen molar-refractivity contribution < 1.29 is 19.8 Å². The fraction of sp³-hybridized carbons (Fsp3) is 0.481. The number of nitrogens with zero attached hydrogens (tertiary/aromatic N) is 3. The van der Waals surface area contributed by atoms with Gasteiger partial charge in [-0.25, -0.2) is 0 Å². The summed E-state index contributed by atoms with van der Waals surface area (Å²) in [6.07, 6.45) is 4.79. The molecule has 2 bridgehead atoms. The minimum absolute atomic E-state index is 0.0388. The maximum atomic E-state index is 12.4. The van der Waals surface area contributed by atoms with Gasteiger partial charge in [-0.3, -0.25) is 4.90 Å². The first-order valence-electron chi connectivity index (χ1n) is 12.3. The van der Waals surface area contributed by atoms with Crippen molar-refractivity contribution in [1.29, 1.82) is 5.26 Å². The summed E-state index contributed by atoms with van der Waals surface area (Å²) >= 11 is 0. The molecule has 3 fully saturated rings. The summed E-state index contributed by atoms with van der Waals surface area (Å²) in [5.41, 5.74) is 1.89. The highest BCUT2D eigenvalue weighted by molar-refractivity contribution is 5.94. The lowest BCUT2D eigenvalue weighted by Crippen LogP contribution is -2.76. The summed E-state index contributed by atoms with van der Waals surface area (Å²) in [7, 11) is 0. The van der Waals surface area contributed by atoms with Crippen LogP contribution in [0, 0.1) is 17.2 Å². The van der Waals surface area contributed by atoms with Gasteiger partial charge in [0.05, 0.1) is 28.4 Å². The fourth-order valence-corrected chi connectivity index (χ4v) is 7.08. The summed E-state index contributed by atoms with van der Waals surface area (Å²) in [5.74, 6) is 1.93. The summed E-state index contributed by atoms with van der Waals surface area (Å²) in [4.78, 5) is 8.28. The van der Waals surface area contributed by atoms with Crippen molar-refractivity contribution in [2.24, 2.45) is 11.1 Å². The Kier molecular flexibility index (Phi) is 4.16. The molecule has 34 heavy (non-hydrogen) atoms. The van der Waals surface area contributed by atoms with Crippen LogP contribution in [-0.2, 0) is 11.8 Å². The van der Waals surface area contributed by atoms with Crippen LogP contribution in [0.5, 0.6) is 17.2 Å². The summed E-state index contributed by atoms with van der Waals surface area (Å²) in [6, 6.07) is 12.7. The lowest BCUT2D eigenvalue weighted by molar-refractivity contribution is -0.167. The molecule has 2 N–H and O–H groups in total. The summed E-state index contributed by atoms with van der Waals surface area (Å²) in [6.45, 7) is 1.96. The maximum absolute atomic E-state index is 12.4. The molecule has 7 rings (SSSR count). The number of likely N-dealkylation sites (tertiary alicyclic amines) is 1. The van der Waals surface area contributed by atoms with Crippen LogP contribution in [0.2, 0.25) is 0 Å². The minimum Gasteiger partial charge on any atom is -0.504 e. The molecule has 0 radical (unpaired) electrons. The van der Waals surface area contributed by atoms with Crippen LogP contribution in [0.1, 0.15) is 48.8 Å². The van der Waals surface area contributed by atoms with Gasteiger partial charge < -0.3 is 19.8 Å². The number of nitriles is 1. The molecule has 3 aliphatic carbocycles. The van der Waals surface area contributed by atoms with Gasteiger partial charge in [-0.15, -0.1) is 0 Å². The molecular weight excluding hydrogens is 430 g/mol. The van der Waals surface area contributed by atoms with Crippen molar-refractivity contribution in [2.45, 2.75) is 61.7 Å². The average Bonchev–Trinajstić information content (AvgIpc) is 3.59. The minimum atomic E-state index is -0.940. The fourth-order valence-electron chi connectivity index (χ4n) is 7.08. The average molecular weight is 458 g/mol. The lowest BCUT2D eigenvalue weighted by Gasteiger charge is -2.63. The molecular formula is C27H27N3O4. The standard InChI is InChI=1S/C27H27N3O4/c28-14-16-3-6-19(7-4-16)34-29-20-9-10-27(32)22-13-18-5-8-21(31)24-23(18)26(27,25(20)33-24)11-12-30(22)15-17-1-2-17/h3-8,17,22,25,31-32H,1-2,9-13,15H2/b29-20+/t22-,25+,26+,27-/m1/s1. The molecule has 2 aromatic carbocycles. The van der Waals surface area contributed by atoms with E-state index in [1.807, 2.05) is 6.07 Å². The highest BCUT2D eigenvalue weighted by atomic mass is 16.6. The van der Waals surface area contributed by atoms with Crippen LogP contribution >= 0.6 is 0 Å². The zero-order valence-corrected chi connectivity index (χ0v) is 18.9. The van der Waals surface area contributed by atoms with Crippen LogP contribution in [0.25, 0.3) is 0 Å². The van der Waals surface area contributed by atoms with Crippen LogP contribution in [0.15, 0.2) is 41.6 Å². The Bertz CT molecular complexity index is 1250. The normalized spacial score (nSPS) is 34.3. The number of ether oxygens (including phenoxy) is 1. The van der Waals surface area contributed by atoms with Gasteiger partial charge in [0.25, 0.3) is 0 Å². The van der Waals surface area contributed by atoms with E-state index < -0.39 is 17.1 Å². The first-order chi connectivity index (χ1) is 16.5. The molecule has 1 saturated heterocycles. The number of aromatic hydroxyl groups is 1. The predicted molar refractivity (Wildman–Crippen MR) is 124 cm³/mol. The van der Waals surface area contributed by atoms with Crippen LogP contribution in [0.3, 0.4) is 0 Å². The predicted octanol–water partition coefficient (Wildman–Crippen LogP) is 3.26. The van der Waals surface area contributed by atoms with Gasteiger partial charge in [0, 0.05) is 18.2 Å². The number of benzene rings is 2. The van der Waals surface area contributed by atoms with Gasteiger partial charge >= 0.3 is 0 Å². The van der Waals surface area contributed by atoms with E-state index in [4.69, 9.17) is 14.8 Å². The smallest absolute Gasteiger partial charge is 0.166 e. The van der Waals surface area contributed by atoms with Crippen molar-refractivity contribution >= 4 is 5.71 Å². The number of rotatable bonds is 4. The molecule has 2 heterocycles. The van der Waals surface area contributed by atoms with Gasteiger partial charge in [-0.1, -0.05) is 11.2 Å². The zero-order chi connectivity index (χ0) is 23.1. The van der Waals surface area contributed by atoms with Crippen LogP contribution in [0.4, 0.5) is 0 Å². The highest BCUT2D eigenvalue weighted by Gasteiger charge is 2.72. The Morgan fingerprint density at radius 2 is 2.00 bits per heavy atom. The Balaban J connectivity index is 1.30. The van der Waals surface area contributed by atoms with Crippen molar-refractivity contribution in [3.05, 3.63) is 53.1 Å². The van der Waals surface area contributed by atoms with E-state index in [0.29, 0.717) is 29.9 Å². The number of phenolic OH excluding ortho intramolecular Hbond substituents is 1. The lowest BCUT2D eigenvalue weighted by atomic mass is 9.49. The number of oxime groups is 1. The molecule has 174 valence electrons. The third-order valence-corrected chi connectivity index (χ3v) is 8.83. The van der Waals surface area contributed by atoms with Gasteiger partial charge in [0.15, 0.2) is 23.4 Å². The number of piperidine rings is 1. The van der Waals surface area contributed by atoms with Gasteiger partial charge in [-0.2, -0.15) is 5.26 Å². The van der Waals surface area contributed by atoms with Crippen molar-refractivity contribution in [3.8, 4) is 23.3 Å². The molecule has 2 saturated carbocycles. The van der Waals surface area contributed by atoms with Crippen molar-refractivity contribution in [2.75, 3.05) is 13.1 Å². The molecule has 4 atom stereocenters. The molecule has 0 amide bonds. The Morgan fingerprint density at radius 1 is 1.18 bits per heavy atom. The van der Waals surface area contributed by atoms with Gasteiger partial charge in [-0.05, 0) is 86.9 Å². The highest BCUT2D eigenvalue weighted by Crippen LogP contribution is 2.65. The number of aliphatic hydroxyl groups is 1. The first kappa shape index (κ1) is 20.3. The number of hydrogen-bond acceptors (Lipinski definition) is 7. The molecule has 1 spiro atoms. The Hall–Kier alpha value is -3.08. The largest absolute Gasteiger partial charge is 0.504 e. The van der Waals surface area contributed by atoms with Gasteiger partial charge in [0.1, 0.15) is 0 Å². The molecule has 5 aliphatic rings. The maximum Gasteiger partial charge on any atom is 0.166 e. The van der Waals surface area contributed by atoms with Crippen molar-refractivity contribution in [1.82, 2.24) is 4.90 Å². The van der Waals surface area contributed by atoms with E-state index in [1.54, 1.807) is 30.3 Å². The second-order valence-corrected chi connectivity index (χ2v) is 10.6. The van der Waals surface area contributed by atoms with E-state index in [0.717, 1.165) is 43.1 Å². The summed E-state index contributed by atoms with van der Waals surface area (Å²) in [5, 5.41) is 36.7.